The molecule has 13 heteroatoms. The number of amides is 2. The van der Waals surface area contributed by atoms with Crippen LogP contribution < -0.4 is 15.0 Å². The number of anilines is 2. The van der Waals surface area contributed by atoms with Crippen LogP contribution >= 0.6 is 34.5 Å². The van der Waals surface area contributed by atoms with Gasteiger partial charge in [0.15, 0.2) is 22.4 Å². The number of aliphatic imine (C=N–C) groups is 1. The Kier molecular flexibility index (Phi) is 6.29. The third kappa shape index (κ3) is 4.45. The molecule has 1 fully saturated rings. The van der Waals surface area contributed by atoms with Crippen LogP contribution in [0.1, 0.15) is 29.8 Å². The molecule has 0 atom stereocenters. The monoisotopic (exact) mass is 559 g/mol. The van der Waals surface area contributed by atoms with Crippen molar-refractivity contribution >= 4 is 63.3 Å². The summed E-state index contributed by atoms with van der Waals surface area (Å²) in [5.74, 6) is 1.59. The van der Waals surface area contributed by atoms with Crippen molar-refractivity contribution in [3.8, 4) is 17.0 Å². The normalized spacial score (nSPS) is 16.8. The van der Waals surface area contributed by atoms with Crippen LogP contribution in [0.25, 0.3) is 11.3 Å². The van der Waals surface area contributed by atoms with Crippen LogP contribution in [0, 0.1) is 5.92 Å². The topological polar surface area (TPSA) is 105 Å². The van der Waals surface area contributed by atoms with Gasteiger partial charge in [-0.3, -0.25) is 24.4 Å². The van der Waals surface area contributed by atoms with Crippen molar-refractivity contribution in [3.63, 3.8) is 0 Å². The van der Waals surface area contributed by atoms with E-state index in [2.05, 4.69) is 20.3 Å². The second-order valence-corrected chi connectivity index (χ2v) is 10.9. The molecule has 1 N–H and O–H groups in total. The van der Waals surface area contributed by atoms with E-state index in [1.54, 1.807) is 23.7 Å². The van der Waals surface area contributed by atoms with Gasteiger partial charge in [0.05, 0.1) is 35.2 Å². The summed E-state index contributed by atoms with van der Waals surface area (Å²) in [5, 5.41) is 5.89. The van der Waals surface area contributed by atoms with E-state index in [4.69, 9.17) is 27.9 Å². The third-order valence-electron chi connectivity index (χ3n) is 6.75. The first-order valence-corrected chi connectivity index (χ1v) is 13.6. The minimum absolute atomic E-state index is 0.0815. The van der Waals surface area contributed by atoms with E-state index in [-0.39, 0.29) is 18.4 Å². The summed E-state index contributed by atoms with van der Waals surface area (Å²) in [6.45, 7) is 1.77. The fourth-order valence-electron chi connectivity index (χ4n) is 4.56. The standard InChI is InChI=1S/C24H23Cl2N7O3S/c1-31-22(35)19-21(33-6-5-27-24(31)33)28-12-32(19)9-18(34)30-23-29-17(11-37-23)14-7-15(25)20(16(26)8-14)36-10-13-3-2-4-13/h7-8,11-13H,2-6,9-10H2,1H3,(H,29,30,34). The summed E-state index contributed by atoms with van der Waals surface area (Å²) < 4.78 is 7.41. The van der Waals surface area contributed by atoms with Crippen LogP contribution in [0.2, 0.25) is 10.0 Å². The van der Waals surface area contributed by atoms with Gasteiger partial charge in [-0.05, 0) is 30.9 Å². The van der Waals surface area contributed by atoms with Crippen molar-refractivity contribution in [2.75, 3.05) is 37.0 Å². The number of aromatic nitrogens is 3. The zero-order chi connectivity index (χ0) is 25.7. The number of imidazole rings is 1. The number of hydrogen-bond donors (Lipinski definition) is 1. The van der Waals surface area contributed by atoms with Crippen molar-refractivity contribution in [3.05, 3.63) is 39.6 Å². The first-order valence-electron chi connectivity index (χ1n) is 11.9. The number of nitrogens with zero attached hydrogens (tertiary/aromatic N) is 6. The first-order chi connectivity index (χ1) is 17.9. The second kappa shape index (κ2) is 9.62. The van der Waals surface area contributed by atoms with Crippen LogP contribution in [0.4, 0.5) is 10.9 Å². The number of nitrogens with one attached hydrogen (secondary N) is 1. The molecule has 0 unspecified atom stereocenters. The van der Waals surface area contributed by atoms with Crippen molar-refractivity contribution in [1.82, 2.24) is 19.4 Å². The van der Waals surface area contributed by atoms with Crippen molar-refractivity contribution < 1.29 is 14.3 Å². The van der Waals surface area contributed by atoms with Crippen molar-refractivity contribution in [2.24, 2.45) is 10.9 Å². The lowest BCUT2D eigenvalue weighted by Crippen LogP contribution is -2.48. The Morgan fingerprint density at radius 2 is 2.05 bits per heavy atom. The molecule has 3 aliphatic rings. The lowest BCUT2D eigenvalue weighted by Gasteiger charge is -2.30. The molecule has 37 heavy (non-hydrogen) atoms. The maximum atomic E-state index is 12.9. The number of ether oxygens (including phenoxy) is 1. The smallest absolute Gasteiger partial charge is 0.280 e. The molecule has 6 rings (SSSR count). The highest BCUT2D eigenvalue weighted by Crippen LogP contribution is 2.39. The van der Waals surface area contributed by atoms with Crippen molar-refractivity contribution in [2.45, 2.75) is 25.8 Å². The minimum Gasteiger partial charge on any atom is -0.490 e. The largest absolute Gasteiger partial charge is 0.490 e. The van der Waals surface area contributed by atoms with E-state index in [0.717, 1.165) is 5.56 Å². The lowest BCUT2D eigenvalue weighted by molar-refractivity contribution is -0.116. The zero-order valence-corrected chi connectivity index (χ0v) is 22.2. The number of hydrogen-bond acceptors (Lipinski definition) is 8. The van der Waals surface area contributed by atoms with Crippen LogP contribution in [-0.4, -0.2) is 64.0 Å². The van der Waals surface area contributed by atoms with Crippen LogP contribution in [0.3, 0.4) is 0 Å². The number of carbonyl (C=O) groups is 2. The number of carbonyl (C=O) groups excluding carboxylic acids is 2. The maximum absolute atomic E-state index is 12.9. The van der Waals surface area contributed by atoms with E-state index >= 15 is 0 Å². The fraction of sp³-hybridized carbons (Fsp3) is 0.375. The van der Waals surface area contributed by atoms with Crippen LogP contribution in [0.15, 0.2) is 28.8 Å². The molecule has 192 valence electrons. The molecule has 1 saturated carbocycles. The summed E-state index contributed by atoms with van der Waals surface area (Å²) in [6, 6.07) is 3.53. The molecule has 1 aromatic carbocycles. The molecule has 4 heterocycles. The van der Waals surface area contributed by atoms with E-state index in [9.17, 15) is 9.59 Å². The number of halogens is 2. The number of fused-ring (bicyclic) bond motifs is 3. The van der Waals surface area contributed by atoms with E-state index in [0.29, 0.717) is 69.7 Å². The highest BCUT2D eigenvalue weighted by Gasteiger charge is 2.38. The molecule has 2 amide bonds. The number of thiazole rings is 1. The van der Waals surface area contributed by atoms with Gasteiger partial charge in [0, 0.05) is 24.5 Å². The van der Waals surface area contributed by atoms with Gasteiger partial charge in [0.2, 0.25) is 11.9 Å². The highest BCUT2D eigenvalue weighted by molar-refractivity contribution is 7.14. The molecule has 0 saturated heterocycles. The molecule has 1 aliphatic carbocycles. The molecule has 10 nitrogen and oxygen atoms in total. The maximum Gasteiger partial charge on any atom is 0.280 e. The van der Waals surface area contributed by atoms with Crippen molar-refractivity contribution in [1.29, 1.82) is 0 Å². The molecule has 0 radical (unpaired) electrons. The van der Waals surface area contributed by atoms with Gasteiger partial charge in [0.1, 0.15) is 6.54 Å². The SMILES string of the molecule is CN1C(=O)c2c(ncn2CC(=O)Nc2nc(-c3cc(Cl)c(OCC4CCC4)c(Cl)c3)cs2)N2CCN=C12. The Hall–Kier alpha value is -3.15. The van der Waals surface area contributed by atoms with E-state index in [1.165, 1.54) is 41.8 Å². The Labute approximate surface area is 226 Å². The summed E-state index contributed by atoms with van der Waals surface area (Å²) in [4.78, 5) is 42.4. The molecule has 0 spiro atoms. The number of benzene rings is 1. The minimum atomic E-state index is -0.326. The number of guanidine groups is 1. The Morgan fingerprint density at radius 3 is 2.78 bits per heavy atom. The highest BCUT2D eigenvalue weighted by atomic mass is 35.5. The first kappa shape index (κ1) is 24.2. The lowest BCUT2D eigenvalue weighted by atomic mass is 9.86. The zero-order valence-electron chi connectivity index (χ0n) is 19.9. The van der Waals surface area contributed by atoms with Gasteiger partial charge in [0.25, 0.3) is 5.91 Å². The Bertz CT molecular complexity index is 1410. The number of rotatable bonds is 7. The summed E-state index contributed by atoms with van der Waals surface area (Å²) in [5.41, 5.74) is 1.72. The summed E-state index contributed by atoms with van der Waals surface area (Å²) >= 11 is 14.2. The predicted molar refractivity (Wildman–Crippen MR) is 143 cm³/mol. The molecular weight excluding hydrogens is 537 g/mol. The average molecular weight is 560 g/mol. The molecule has 3 aromatic rings. The van der Waals surface area contributed by atoms with Gasteiger partial charge < -0.3 is 14.6 Å². The van der Waals surface area contributed by atoms with E-state index in [1.807, 2.05) is 10.3 Å². The molecule has 0 bridgehead atoms. The third-order valence-corrected chi connectivity index (χ3v) is 8.07. The predicted octanol–water partition coefficient (Wildman–Crippen LogP) is 4.39. The van der Waals surface area contributed by atoms with Gasteiger partial charge in [-0.1, -0.05) is 29.6 Å². The Balaban J connectivity index is 1.14. The van der Waals surface area contributed by atoms with Gasteiger partial charge in [-0.2, -0.15) is 0 Å². The molecule has 2 aromatic heterocycles. The van der Waals surface area contributed by atoms with Gasteiger partial charge >= 0.3 is 0 Å². The van der Waals surface area contributed by atoms with Gasteiger partial charge in [-0.25, -0.2) is 9.97 Å². The quantitative estimate of drug-likeness (QED) is 0.460. The van der Waals surface area contributed by atoms with Crippen LogP contribution in [0.5, 0.6) is 5.75 Å². The molecule has 2 aliphatic heterocycles. The molecular formula is C24H23Cl2N7O3S. The van der Waals surface area contributed by atoms with Gasteiger partial charge in [-0.15, -0.1) is 11.3 Å². The average Bonchev–Trinajstić information content (AvgIpc) is 3.58. The second-order valence-electron chi connectivity index (χ2n) is 9.21. The summed E-state index contributed by atoms with van der Waals surface area (Å²) in [7, 11) is 1.67. The fourth-order valence-corrected chi connectivity index (χ4v) is 5.90. The summed E-state index contributed by atoms with van der Waals surface area (Å²) in [6.07, 6.45) is 5.09. The van der Waals surface area contributed by atoms with Crippen LogP contribution in [-0.2, 0) is 11.3 Å². The Morgan fingerprint density at radius 1 is 1.27 bits per heavy atom. The van der Waals surface area contributed by atoms with E-state index < -0.39 is 0 Å².